The summed E-state index contributed by atoms with van der Waals surface area (Å²) in [4.78, 5) is 20.8. The number of carbonyl (C=O) groups is 2. The van der Waals surface area contributed by atoms with E-state index < -0.39 is 0 Å². The lowest BCUT2D eigenvalue weighted by molar-refractivity contribution is -0.116. The molecule has 2 aromatic carbocycles. The SMILES string of the molecule is Nc1ccc2c(c1)OCCO2.O=C(CBr)Cc1ccc2c(c1)OCCO2.O=C(Cl)CBr. The maximum absolute atomic E-state index is 11.2. The van der Waals surface area contributed by atoms with Gasteiger partial charge in [0.05, 0.1) is 10.7 Å². The van der Waals surface area contributed by atoms with E-state index in [-0.39, 0.29) is 16.4 Å². The van der Waals surface area contributed by atoms with Gasteiger partial charge < -0.3 is 24.7 Å². The fourth-order valence-electron chi connectivity index (χ4n) is 2.53. The molecule has 0 spiro atoms. The van der Waals surface area contributed by atoms with Gasteiger partial charge in [0, 0.05) is 18.2 Å². The number of ketones is 1. The van der Waals surface area contributed by atoms with E-state index in [9.17, 15) is 9.59 Å². The molecule has 0 atom stereocenters. The second-order valence-corrected chi connectivity index (χ2v) is 7.76. The average Bonchev–Trinajstić information content (AvgIpc) is 2.79. The van der Waals surface area contributed by atoms with Crippen molar-refractivity contribution in [3.8, 4) is 23.0 Å². The minimum atomic E-state index is -0.356. The quantitative estimate of drug-likeness (QED) is 0.330. The number of nitrogen functional groups attached to an aromatic ring is 1. The highest BCUT2D eigenvalue weighted by molar-refractivity contribution is 9.09. The van der Waals surface area contributed by atoms with Crippen LogP contribution in [0.15, 0.2) is 36.4 Å². The molecule has 0 aromatic heterocycles. The zero-order chi connectivity index (χ0) is 22.6. The number of anilines is 1. The van der Waals surface area contributed by atoms with E-state index in [1.807, 2.05) is 24.3 Å². The Kier molecular flexibility index (Phi) is 11.0. The molecule has 0 fully saturated rings. The number of carbonyl (C=O) groups excluding carboxylic acids is 2. The van der Waals surface area contributed by atoms with Gasteiger partial charge in [-0.3, -0.25) is 9.59 Å². The summed E-state index contributed by atoms with van der Waals surface area (Å²) < 4.78 is 21.4. The number of benzene rings is 2. The van der Waals surface area contributed by atoms with Gasteiger partial charge in [-0.2, -0.15) is 0 Å². The number of Topliss-reactive ketones (excluding diaryl/α,β-unsaturated/α-hetero) is 1. The summed E-state index contributed by atoms with van der Waals surface area (Å²) in [6, 6.07) is 11.0. The summed E-state index contributed by atoms with van der Waals surface area (Å²) in [5.74, 6) is 3.19. The molecule has 2 aromatic rings. The van der Waals surface area contributed by atoms with Crippen molar-refractivity contribution in [2.45, 2.75) is 6.42 Å². The molecule has 4 rings (SSSR count). The van der Waals surface area contributed by atoms with E-state index in [0.29, 0.717) is 43.9 Å². The number of alkyl halides is 2. The zero-order valence-corrected chi connectivity index (χ0v) is 20.5. The van der Waals surface area contributed by atoms with Crippen LogP contribution in [0.2, 0.25) is 0 Å². The average molecular weight is 580 g/mol. The van der Waals surface area contributed by atoms with Gasteiger partial charge in [-0.1, -0.05) is 37.9 Å². The van der Waals surface area contributed by atoms with Crippen LogP contribution in [0.4, 0.5) is 5.69 Å². The fourth-order valence-corrected chi connectivity index (χ4v) is 2.73. The number of nitrogens with two attached hydrogens (primary N) is 1. The van der Waals surface area contributed by atoms with E-state index in [0.717, 1.165) is 28.6 Å². The summed E-state index contributed by atoms with van der Waals surface area (Å²) in [6.45, 7) is 2.39. The summed E-state index contributed by atoms with van der Waals surface area (Å²) in [5, 5.41) is 0.278. The van der Waals surface area contributed by atoms with Crippen molar-refractivity contribution in [2.24, 2.45) is 0 Å². The third-order valence-corrected chi connectivity index (χ3v) is 5.42. The van der Waals surface area contributed by atoms with Gasteiger partial charge in [0.15, 0.2) is 23.0 Å². The molecule has 2 heterocycles. The molecular weight excluding hydrogens is 557 g/mol. The first-order chi connectivity index (χ1) is 14.9. The molecular formula is C21H22Br2ClNO6. The lowest BCUT2D eigenvalue weighted by Gasteiger charge is -2.18. The first-order valence-electron chi connectivity index (χ1n) is 9.28. The van der Waals surface area contributed by atoms with Gasteiger partial charge >= 0.3 is 0 Å². The highest BCUT2D eigenvalue weighted by Crippen LogP contribution is 2.32. The summed E-state index contributed by atoms with van der Waals surface area (Å²) in [6.07, 6.45) is 0.432. The van der Waals surface area contributed by atoms with Gasteiger partial charge in [-0.25, -0.2) is 0 Å². The number of hydrogen-bond acceptors (Lipinski definition) is 7. The minimum absolute atomic E-state index is 0.159. The molecule has 31 heavy (non-hydrogen) atoms. The van der Waals surface area contributed by atoms with Gasteiger partial charge in [0.25, 0.3) is 0 Å². The van der Waals surface area contributed by atoms with E-state index in [1.165, 1.54) is 0 Å². The molecule has 2 N–H and O–H groups in total. The fraction of sp³-hybridized carbons (Fsp3) is 0.333. The Morgan fingerprint density at radius 1 is 0.806 bits per heavy atom. The number of fused-ring (bicyclic) bond motifs is 2. The van der Waals surface area contributed by atoms with Crippen LogP contribution >= 0.6 is 43.5 Å². The van der Waals surface area contributed by atoms with Crippen molar-refractivity contribution in [1.29, 1.82) is 0 Å². The normalized spacial score (nSPS) is 13.0. The van der Waals surface area contributed by atoms with Crippen LogP contribution in [0.1, 0.15) is 5.56 Å². The lowest BCUT2D eigenvalue weighted by Crippen LogP contribution is -2.15. The molecule has 0 saturated carbocycles. The third-order valence-electron chi connectivity index (χ3n) is 3.83. The van der Waals surface area contributed by atoms with Crippen LogP contribution in [0.3, 0.4) is 0 Å². The van der Waals surface area contributed by atoms with E-state index >= 15 is 0 Å². The van der Waals surface area contributed by atoms with E-state index in [1.54, 1.807) is 12.1 Å². The van der Waals surface area contributed by atoms with Crippen molar-refractivity contribution in [1.82, 2.24) is 0 Å². The second kappa shape index (κ2) is 13.4. The standard InChI is InChI=1S/C11H11BrO3.C8H9NO2.C2H2BrClO/c12-7-9(13)5-8-1-2-10-11(6-8)15-4-3-14-10;9-6-1-2-7-8(5-6)11-4-3-10-7;3-1-2(4)5/h1-2,6H,3-5,7H2;1-2,5H,3-4,9H2;1H2. The van der Waals surface area contributed by atoms with Crippen LogP contribution < -0.4 is 24.7 Å². The van der Waals surface area contributed by atoms with Crippen molar-refractivity contribution >= 4 is 60.2 Å². The van der Waals surface area contributed by atoms with Crippen molar-refractivity contribution < 1.29 is 28.5 Å². The predicted octanol–water partition coefficient (Wildman–Crippen LogP) is 4.15. The Morgan fingerprint density at radius 2 is 1.29 bits per heavy atom. The summed E-state index contributed by atoms with van der Waals surface area (Å²) in [7, 11) is 0. The number of halogens is 3. The van der Waals surface area contributed by atoms with E-state index in [4.69, 9.17) is 36.3 Å². The van der Waals surface area contributed by atoms with Crippen LogP contribution in [0.5, 0.6) is 23.0 Å². The number of rotatable bonds is 4. The lowest BCUT2D eigenvalue weighted by atomic mass is 10.1. The minimum Gasteiger partial charge on any atom is -0.486 e. The first kappa shape index (κ1) is 25.3. The second-order valence-electron chi connectivity index (χ2n) is 6.22. The molecule has 10 heteroatoms. The molecule has 0 aliphatic carbocycles. The Labute approximate surface area is 202 Å². The highest BCUT2D eigenvalue weighted by Gasteiger charge is 2.12. The Bertz CT molecular complexity index is 896. The largest absolute Gasteiger partial charge is 0.486 e. The molecule has 0 saturated heterocycles. The van der Waals surface area contributed by atoms with Crippen molar-refractivity contribution in [2.75, 3.05) is 42.8 Å². The Balaban J connectivity index is 0.000000187. The topological polar surface area (TPSA) is 97.1 Å². The highest BCUT2D eigenvalue weighted by atomic mass is 79.9. The summed E-state index contributed by atoms with van der Waals surface area (Å²) >= 11 is 10.8. The predicted molar refractivity (Wildman–Crippen MR) is 126 cm³/mol. The molecule has 2 aliphatic heterocycles. The molecule has 7 nitrogen and oxygen atoms in total. The zero-order valence-electron chi connectivity index (χ0n) is 16.6. The Morgan fingerprint density at radius 3 is 1.81 bits per heavy atom. The van der Waals surface area contributed by atoms with E-state index in [2.05, 4.69) is 31.9 Å². The summed E-state index contributed by atoms with van der Waals surface area (Å²) in [5.41, 5.74) is 7.21. The van der Waals surface area contributed by atoms with Gasteiger partial charge in [-0.05, 0) is 41.4 Å². The molecule has 168 valence electrons. The smallest absolute Gasteiger partial charge is 0.232 e. The first-order valence-corrected chi connectivity index (χ1v) is 11.9. The van der Waals surface area contributed by atoms with Crippen molar-refractivity contribution in [3.63, 3.8) is 0 Å². The van der Waals surface area contributed by atoms with Gasteiger partial charge in [-0.15, -0.1) is 0 Å². The maximum Gasteiger partial charge on any atom is 0.232 e. The molecule has 2 aliphatic rings. The van der Waals surface area contributed by atoms with Crippen LogP contribution in [0, 0.1) is 0 Å². The van der Waals surface area contributed by atoms with Gasteiger partial charge in [0.2, 0.25) is 5.24 Å². The maximum atomic E-state index is 11.2. The molecule has 0 unspecified atom stereocenters. The Hall–Kier alpha value is -1.97. The molecule has 0 amide bonds. The number of hydrogen-bond donors (Lipinski definition) is 1. The van der Waals surface area contributed by atoms with Crippen LogP contribution in [0.25, 0.3) is 0 Å². The van der Waals surface area contributed by atoms with Crippen LogP contribution in [-0.2, 0) is 16.0 Å². The molecule has 0 bridgehead atoms. The monoisotopic (exact) mass is 577 g/mol. The van der Waals surface area contributed by atoms with Gasteiger partial charge in [0.1, 0.15) is 32.2 Å². The molecule has 0 radical (unpaired) electrons. The number of ether oxygens (including phenoxy) is 4. The van der Waals surface area contributed by atoms with Crippen LogP contribution in [-0.4, -0.2) is 48.1 Å². The third kappa shape index (κ3) is 8.96. The van der Waals surface area contributed by atoms with Crippen molar-refractivity contribution in [3.05, 3.63) is 42.0 Å².